The van der Waals surface area contributed by atoms with E-state index in [1.54, 1.807) is 17.4 Å². The first-order valence-electron chi connectivity index (χ1n) is 7.95. The van der Waals surface area contributed by atoms with E-state index in [1.165, 1.54) is 6.07 Å². The van der Waals surface area contributed by atoms with Crippen LogP contribution in [0.3, 0.4) is 0 Å². The average Bonchev–Trinajstić information content (AvgIpc) is 2.96. The highest BCUT2D eigenvalue weighted by Gasteiger charge is 2.02. The van der Waals surface area contributed by atoms with Crippen LogP contribution in [0.2, 0.25) is 0 Å². The van der Waals surface area contributed by atoms with Crippen LogP contribution in [0.25, 0.3) is 0 Å². The van der Waals surface area contributed by atoms with E-state index in [2.05, 4.69) is 41.9 Å². The van der Waals surface area contributed by atoms with Gasteiger partial charge in [0.2, 0.25) is 0 Å². The number of thiazole rings is 1. The molecule has 25 heavy (non-hydrogen) atoms. The molecule has 0 fully saturated rings. The Morgan fingerprint density at radius 2 is 2.12 bits per heavy atom. The standard InChI is InChI=1S/C17H22BrFN4S.HI/c1-3-20-17(22-9-7-14-11-24-12(2)23-14)21-8-6-13-4-5-16(19)15(18)10-13;/h4-5,10-11H,3,6-9H2,1-2H3,(H2,20,21,22);1H. The fourth-order valence-corrected chi connectivity index (χ4v) is 3.24. The second-order valence-electron chi connectivity index (χ2n) is 5.29. The average molecular weight is 541 g/mol. The van der Waals surface area contributed by atoms with Crippen LogP contribution in [-0.4, -0.2) is 30.6 Å². The summed E-state index contributed by atoms with van der Waals surface area (Å²) in [4.78, 5) is 9.01. The number of nitrogens with one attached hydrogen (secondary N) is 2. The third-order valence-corrected chi connectivity index (χ3v) is 4.77. The molecule has 0 unspecified atom stereocenters. The van der Waals surface area contributed by atoms with Gasteiger partial charge in [0.05, 0.1) is 15.2 Å². The molecular formula is C17H23BrFIN4S. The van der Waals surface area contributed by atoms with Crippen molar-refractivity contribution in [3.8, 4) is 0 Å². The topological polar surface area (TPSA) is 49.3 Å². The Morgan fingerprint density at radius 1 is 1.32 bits per heavy atom. The van der Waals surface area contributed by atoms with Gasteiger partial charge < -0.3 is 10.6 Å². The van der Waals surface area contributed by atoms with Crippen LogP contribution < -0.4 is 10.6 Å². The SMILES string of the molecule is CCNC(=NCCc1csc(C)n1)NCCc1ccc(F)c(Br)c1.I. The Kier molecular flexibility index (Phi) is 10.5. The van der Waals surface area contributed by atoms with E-state index in [0.717, 1.165) is 48.2 Å². The summed E-state index contributed by atoms with van der Waals surface area (Å²) in [6.07, 6.45) is 1.64. The first-order chi connectivity index (χ1) is 11.6. The zero-order chi connectivity index (χ0) is 17.4. The zero-order valence-corrected chi connectivity index (χ0v) is 19.0. The number of hydrogen-bond acceptors (Lipinski definition) is 3. The lowest BCUT2D eigenvalue weighted by Gasteiger charge is -2.11. The van der Waals surface area contributed by atoms with Crippen LogP contribution in [-0.2, 0) is 12.8 Å². The number of aromatic nitrogens is 1. The van der Waals surface area contributed by atoms with Crippen LogP contribution in [0.1, 0.15) is 23.2 Å². The van der Waals surface area contributed by atoms with E-state index < -0.39 is 0 Å². The van der Waals surface area contributed by atoms with E-state index in [9.17, 15) is 4.39 Å². The Balaban J connectivity index is 0.00000312. The van der Waals surface area contributed by atoms with Gasteiger partial charge in [-0.15, -0.1) is 35.3 Å². The molecule has 0 saturated carbocycles. The molecule has 138 valence electrons. The number of halogens is 3. The molecule has 0 bridgehead atoms. The van der Waals surface area contributed by atoms with Gasteiger partial charge in [-0.25, -0.2) is 9.37 Å². The maximum atomic E-state index is 13.2. The first-order valence-corrected chi connectivity index (χ1v) is 9.63. The number of aryl methyl sites for hydroxylation is 1. The molecule has 0 spiro atoms. The van der Waals surface area contributed by atoms with Crippen molar-refractivity contribution in [1.29, 1.82) is 0 Å². The third-order valence-electron chi connectivity index (χ3n) is 3.34. The number of rotatable bonds is 7. The monoisotopic (exact) mass is 540 g/mol. The molecule has 2 N–H and O–H groups in total. The minimum atomic E-state index is -0.237. The Labute approximate surface area is 177 Å². The van der Waals surface area contributed by atoms with Gasteiger partial charge in [0.1, 0.15) is 5.82 Å². The van der Waals surface area contributed by atoms with Crippen molar-refractivity contribution in [3.05, 3.63) is 50.1 Å². The molecule has 2 rings (SSSR count). The normalized spacial score (nSPS) is 11.1. The van der Waals surface area contributed by atoms with E-state index in [0.29, 0.717) is 11.0 Å². The zero-order valence-electron chi connectivity index (χ0n) is 14.3. The lowest BCUT2D eigenvalue weighted by atomic mass is 10.1. The molecule has 0 aliphatic rings. The fraction of sp³-hybridized carbons (Fsp3) is 0.412. The minimum Gasteiger partial charge on any atom is -0.357 e. The van der Waals surface area contributed by atoms with Gasteiger partial charge in [0.25, 0.3) is 0 Å². The second kappa shape index (κ2) is 11.8. The molecule has 1 heterocycles. The molecule has 0 saturated heterocycles. The largest absolute Gasteiger partial charge is 0.357 e. The van der Waals surface area contributed by atoms with E-state index in [1.807, 2.05) is 19.9 Å². The molecule has 0 atom stereocenters. The number of nitrogens with zero attached hydrogens (tertiary/aromatic N) is 2. The summed E-state index contributed by atoms with van der Waals surface area (Å²) in [6, 6.07) is 5.09. The number of guanidine groups is 1. The molecule has 8 heteroatoms. The quantitative estimate of drug-likeness (QED) is 0.312. The summed E-state index contributed by atoms with van der Waals surface area (Å²) >= 11 is 4.88. The Bertz CT molecular complexity index is 693. The van der Waals surface area contributed by atoms with Crippen molar-refractivity contribution in [1.82, 2.24) is 15.6 Å². The molecule has 0 aliphatic heterocycles. The highest BCUT2D eigenvalue weighted by molar-refractivity contribution is 14.0. The van der Waals surface area contributed by atoms with Crippen LogP contribution in [0, 0.1) is 12.7 Å². The summed E-state index contributed by atoms with van der Waals surface area (Å²) in [7, 11) is 0. The van der Waals surface area contributed by atoms with E-state index in [4.69, 9.17) is 0 Å². The molecule has 4 nitrogen and oxygen atoms in total. The van der Waals surface area contributed by atoms with Gasteiger partial charge in [-0.1, -0.05) is 6.07 Å². The molecular weight excluding hydrogens is 518 g/mol. The third kappa shape index (κ3) is 8.00. The van der Waals surface area contributed by atoms with Gasteiger partial charge in [-0.2, -0.15) is 0 Å². The van der Waals surface area contributed by atoms with Crippen LogP contribution in [0.15, 0.2) is 33.0 Å². The van der Waals surface area contributed by atoms with Crippen LogP contribution in [0.4, 0.5) is 4.39 Å². The molecule has 2 aromatic rings. The van der Waals surface area contributed by atoms with Crippen molar-refractivity contribution in [2.45, 2.75) is 26.7 Å². The Hall–Kier alpha value is -0.740. The second-order valence-corrected chi connectivity index (χ2v) is 7.21. The number of benzene rings is 1. The smallest absolute Gasteiger partial charge is 0.191 e. The highest BCUT2D eigenvalue weighted by Crippen LogP contribution is 2.16. The van der Waals surface area contributed by atoms with Gasteiger partial charge in [0, 0.05) is 31.4 Å². The van der Waals surface area contributed by atoms with E-state index in [-0.39, 0.29) is 29.8 Å². The number of aliphatic imine (C=N–C) groups is 1. The lowest BCUT2D eigenvalue weighted by molar-refractivity contribution is 0.620. The van der Waals surface area contributed by atoms with Crippen molar-refractivity contribution < 1.29 is 4.39 Å². The van der Waals surface area contributed by atoms with Gasteiger partial charge in [-0.3, -0.25) is 4.99 Å². The molecule has 0 amide bonds. The van der Waals surface area contributed by atoms with Crippen LogP contribution >= 0.6 is 51.2 Å². The maximum absolute atomic E-state index is 13.2. The van der Waals surface area contributed by atoms with Crippen LogP contribution in [0.5, 0.6) is 0 Å². The molecule has 1 aromatic heterocycles. The summed E-state index contributed by atoms with van der Waals surface area (Å²) in [5.74, 6) is 0.560. The van der Waals surface area contributed by atoms with Gasteiger partial charge in [-0.05, 0) is 53.9 Å². The number of hydrogen-bond donors (Lipinski definition) is 2. The predicted molar refractivity (Wildman–Crippen MR) is 118 cm³/mol. The maximum Gasteiger partial charge on any atom is 0.191 e. The van der Waals surface area contributed by atoms with Crippen molar-refractivity contribution in [3.63, 3.8) is 0 Å². The first kappa shape index (κ1) is 22.3. The summed E-state index contributed by atoms with van der Waals surface area (Å²) in [6.45, 7) is 6.29. The molecule has 0 aliphatic carbocycles. The predicted octanol–water partition coefficient (Wildman–Crippen LogP) is 4.31. The highest BCUT2D eigenvalue weighted by atomic mass is 127. The van der Waals surface area contributed by atoms with Gasteiger partial charge in [0.15, 0.2) is 5.96 Å². The summed E-state index contributed by atoms with van der Waals surface area (Å²) < 4.78 is 13.7. The van der Waals surface area contributed by atoms with Gasteiger partial charge >= 0.3 is 0 Å². The van der Waals surface area contributed by atoms with E-state index >= 15 is 0 Å². The lowest BCUT2D eigenvalue weighted by Crippen LogP contribution is -2.38. The molecule has 0 radical (unpaired) electrons. The van der Waals surface area contributed by atoms with Crippen molar-refractivity contribution >= 4 is 57.2 Å². The fourth-order valence-electron chi connectivity index (χ4n) is 2.17. The molecule has 1 aromatic carbocycles. The van der Waals surface area contributed by atoms with Crippen molar-refractivity contribution in [2.24, 2.45) is 4.99 Å². The summed E-state index contributed by atoms with van der Waals surface area (Å²) in [5, 5.41) is 9.71. The minimum absolute atomic E-state index is 0. The summed E-state index contributed by atoms with van der Waals surface area (Å²) in [5.41, 5.74) is 2.16. The Morgan fingerprint density at radius 3 is 2.76 bits per heavy atom. The van der Waals surface area contributed by atoms with Crippen molar-refractivity contribution in [2.75, 3.05) is 19.6 Å².